The fourth-order valence-electron chi connectivity index (χ4n) is 2.62. The molecule has 0 saturated carbocycles. The van der Waals surface area contributed by atoms with Gasteiger partial charge in [-0.2, -0.15) is 15.0 Å². The minimum Gasteiger partial charge on any atom is -0.343 e. The number of carbonyl (C=O) groups excluding carboxylic acids is 1. The van der Waals surface area contributed by atoms with Crippen LogP contribution in [0.2, 0.25) is 20.1 Å². The van der Waals surface area contributed by atoms with Crippen LogP contribution in [0, 0.1) is 0 Å². The Bertz CT molecular complexity index is 764. The highest BCUT2D eigenvalue weighted by molar-refractivity contribution is 6.54. The summed E-state index contributed by atoms with van der Waals surface area (Å²) in [7, 11) is 0. The van der Waals surface area contributed by atoms with Crippen molar-refractivity contribution in [2.45, 2.75) is 24.9 Å². The predicted molar refractivity (Wildman–Crippen MR) is 80.8 cm³/mol. The van der Waals surface area contributed by atoms with Gasteiger partial charge >= 0.3 is 0 Å². The van der Waals surface area contributed by atoms with Gasteiger partial charge in [0.2, 0.25) is 6.29 Å². The van der Waals surface area contributed by atoms with Gasteiger partial charge in [0.1, 0.15) is 23.2 Å². The van der Waals surface area contributed by atoms with Crippen molar-refractivity contribution in [1.29, 1.82) is 0 Å². The van der Waals surface area contributed by atoms with Crippen molar-refractivity contribution in [3.8, 4) is 0 Å². The SMILES string of the molecule is O=C1CC(n2nc3c(Cl)c(Cl)c(Cl)c(Cl)c3n2)C2COC1O2. The monoisotopic (exact) mass is 381 g/mol. The molecule has 0 amide bonds. The molecule has 4 rings (SSSR count). The molecule has 2 saturated heterocycles. The molecular weight excluding hydrogens is 376 g/mol. The molecule has 2 aliphatic rings. The Morgan fingerprint density at radius 3 is 2.18 bits per heavy atom. The van der Waals surface area contributed by atoms with E-state index in [1.54, 1.807) is 0 Å². The van der Waals surface area contributed by atoms with E-state index in [4.69, 9.17) is 55.9 Å². The quantitative estimate of drug-likeness (QED) is 0.559. The number of benzene rings is 1. The minimum atomic E-state index is -0.776. The van der Waals surface area contributed by atoms with E-state index < -0.39 is 6.29 Å². The van der Waals surface area contributed by atoms with E-state index in [1.165, 1.54) is 4.80 Å². The van der Waals surface area contributed by atoms with Crippen LogP contribution in [0.15, 0.2) is 0 Å². The van der Waals surface area contributed by atoms with E-state index in [2.05, 4.69) is 10.2 Å². The normalized spacial score (nSPS) is 27.8. The summed E-state index contributed by atoms with van der Waals surface area (Å²) in [6.45, 7) is 0.307. The van der Waals surface area contributed by atoms with Crippen molar-refractivity contribution in [3.05, 3.63) is 20.1 Å². The van der Waals surface area contributed by atoms with Crippen LogP contribution >= 0.6 is 46.4 Å². The Morgan fingerprint density at radius 2 is 1.59 bits per heavy atom. The highest BCUT2D eigenvalue weighted by Crippen LogP contribution is 2.42. The molecule has 0 radical (unpaired) electrons. The van der Waals surface area contributed by atoms with Gasteiger partial charge in [0, 0.05) is 6.42 Å². The standard InChI is InChI=1S/C12H7Cl4N3O3/c13-6-7(14)9(16)11-10(8(6)15)17-19(18-11)3-1-4(20)12-21-2-5(3)22-12/h3,5,12H,1-2H2. The van der Waals surface area contributed by atoms with Crippen LogP contribution in [0.5, 0.6) is 0 Å². The number of hydrogen-bond acceptors (Lipinski definition) is 5. The van der Waals surface area contributed by atoms with E-state index in [9.17, 15) is 4.79 Å². The Kier molecular flexibility index (Phi) is 3.52. The zero-order valence-corrected chi connectivity index (χ0v) is 13.7. The first-order chi connectivity index (χ1) is 10.5. The Labute approximate surface area is 144 Å². The number of hydrogen-bond donors (Lipinski definition) is 0. The summed E-state index contributed by atoms with van der Waals surface area (Å²) in [5.74, 6) is -0.145. The van der Waals surface area contributed by atoms with Gasteiger partial charge in [-0.3, -0.25) is 4.79 Å². The molecule has 2 bridgehead atoms. The second kappa shape index (κ2) is 5.19. The minimum absolute atomic E-state index is 0.119. The molecule has 0 N–H and O–H groups in total. The maximum Gasteiger partial charge on any atom is 0.218 e. The lowest BCUT2D eigenvalue weighted by Crippen LogP contribution is -2.37. The molecule has 10 heteroatoms. The average Bonchev–Trinajstić information content (AvgIpc) is 3.13. The van der Waals surface area contributed by atoms with Gasteiger partial charge in [0.15, 0.2) is 5.78 Å². The van der Waals surface area contributed by atoms with Crippen molar-refractivity contribution in [3.63, 3.8) is 0 Å². The average molecular weight is 383 g/mol. The number of Topliss-reactive ketones (excluding diaryl/α,β-unsaturated/α-hetero) is 1. The lowest BCUT2D eigenvalue weighted by atomic mass is 10.0. The third kappa shape index (κ3) is 2.06. The molecule has 1 aromatic carbocycles. The molecule has 2 fully saturated rings. The third-order valence-corrected chi connectivity index (χ3v) is 5.51. The van der Waals surface area contributed by atoms with Gasteiger partial charge in [0.25, 0.3) is 0 Å². The molecule has 116 valence electrons. The Morgan fingerprint density at radius 1 is 1.00 bits per heavy atom. The smallest absolute Gasteiger partial charge is 0.218 e. The van der Waals surface area contributed by atoms with Gasteiger partial charge < -0.3 is 9.47 Å². The van der Waals surface area contributed by atoms with Gasteiger partial charge in [-0.25, -0.2) is 0 Å². The largest absolute Gasteiger partial charge is 0.343 e. The molecule has 0 spiro atoms. The summed E-state index contributed by atoms with van der Waals surface area (Å²) in [6, 6.07) is -0.386. The van der Waals surface area contributed by atoms with Crippen molar-refractivity contribution in [2.75, 3.05) is 6.61 Å². The number of nitrogens with zero attached hydrogens (tertiary/aromatic N) is 3. The van der Waals surface area contributed by atoms with Gasteiger partial charge in [-0.05, 0) is 0 Å². The fourth-order valence-corrected chi connectivity index (χ4v) is 3.53. The molecule has 0 aliphatic carbocycles. The number of rotatable bonds is 1. The number of carbonyl (C=O) groups is 1. The number of aromatic nitrogens is 3. The van der Waals surface area contributed by atoms with Gasteiger partial charge in [-0.15, -0.1) is 0 Å². The zero-order valence-electron chi connectivity index (χ0n) is 10.7. The highest BCUT2D eigenvalue weighted by Gasteiger charge is 2.45. The number of halogens is 4. The van der Waals surface area contributed by atoms with E-state index in [-0.39, 0.29) is 44.4 Å². The van der Waals surface area contributed by atoms with Crippen LogP contribution in [-0.4, -0.2) is 39.8 Å². The second-order valence-electron chi connectivity index (χ2n) is 5.05. The van der Waals surface area contributed by atoms with Gasteiger partial charge in [-0.1, -0.05) is 46.4 Å². The van der Waals surface area contributed by atoms with Crippen molar-refractivity contribution >= 4 is 63.2 Å². The van der Waals surface area contributed by atoms with Crippen LogP contribution in [0.4, 0.5) is 0 Å². The van der Waals surface area contributed by atoms with E-state index in [1.807, 2.05) is 0 Å². The summed E-state index contributed by atoms with van der Waals surface area (Å²) < 4.78 is 10.8. The summed E-state index contributed by atoms with van der Waals surface area (Å²) >= 11 is 24.3. The number of ketones is 1. The van der Waals surface area contributed by atoms with Crippen LogP contribution < -0.4 is 0 Å². The summed E-state index contributed by atoms with van der Waals surface area (Å²) in [5, 5.41) is 9.19. The van der Waals surface area contributed by atoms with Crippen LogP contribution in [0.1, 0.15) is 12.5 Å². The Balaban J connectivity index is 1.85. The van der Waals surface area contributed by atoms with Crippen LogP contribution in [-0.2, 0) is 14.3 Å². The Hall–Kier alpha value is -0.630. The summed E-state index contributed by atoms with van der Waals surface area (Å²) in [5.41, 5.74) is 0.657. The van der Waals surface area contributed by atoms with E-state index >= 15 is 0 Å². The summed E-state index contributed by atoms with van der Waals surface area (Å²) in [4.78, 5) is 13.3. The predicted octanol–water partition coefficient (Wildman–Crippen LogP) is 3.30. The zero-order chi connectivity index (χ0) is 15.6. The molecule has 22 heavy (non-hydrogen) atoms. The fraction of sp³-hybridized carbons (Fsp3) is 0.417. The van der Waals surface area contributed by atoms with E-state index in [0.29, 0.717) is 17.6 Å². The first kappa shape index (κ1) is 14.9. The molecule has 2 aliphatic heterocycles. The molecule has 3 heterocycles. The number of ether oxygens (including phenoxy) is 2. The van der Waals surface area contributed by atoms with Gasteiger partial charge in [0.05, 0.1) is 26.7 Å². The molecule has 2 aromatic rings. The van der Waals surface area contributed by atoms with Crippen molar-refractivity contribution in [2.24, 2.45) is 0 Å². The first-order valence-electron chi connectivity index (χ1n) is 6.35. The second-order valence-corrected chi connectivity index (χ2v) is 6.56. The number of fused-ring (bicyclic) bond motifs is 3. The van der Waals surface area contributed by atoms with E-state index in [0.717, 1.165) is 0 Å². The highest BCUT2D eigenvalue weighted by atomic mass is 35.5. The van der Waals surface area contributed by atoms with Crippen molar-refractivity contribution < 1.29 is 14.3 Å². The first-order valence-corrected chi connectivity index (χ1v) is 7.87. The lowest BCUT2D eigenvalue weighted by molar-refractivity contribution is -0.156. The molecule has 1 aromatic heterocycles. The maximum atomic E-state index is 11.9. The topological polar surface area (TPSA) is 66.2 Å². The molecule has 3 atom stereocenters. The van der Waals surface area contributed by atoms with Crippen molar-refractivity contribution in [1.82, 2.24) is 15.0 Å². The van der Waals surface area contributed by atoms with Crippen LogP contribution in [0.25, 0.3) is 11.0 Å². The molecule has 6 nitrogen and oxygen atoms in total. The molecular formula is C12H7Cl4N3O3. The lowest BCUT2D eigenvalue weighted by Gasteiger charge is -2.25. The van der Waals surface area contributed by atoms with Crippen LogP contribution in [0.3, 0.4) is 0 Å². The third-order valence-electron chi connectivity index (χ3n) is 3.73. The maximum absolute atomic E-state index is 11.9. The summed E-state index contributed by atoms with van der Waals surface area (Å²) in [6.07, 6.45) is -0.858. The molecule has 3 unspecified atom stereocenters.